The van der Waals surface area contributed by atoms with Gasteiger partial charge in [-0.1, -0.05) is 209 Å². The molecule has 0 saturated carbocycles. The average Bonchev–Trinajstić information content (AvgIpc) is 0.662. The number of carbonyl (C=O) groups is 2. The van der Waals surface area contributed by atoms with Gasteiger partial charge in [0.15, 0.2) is 0 Å². The highest BCUT2D eigenvalue weighted by molar-refractivity contribution is 7.81. The van der Waals surface area contributed by atoms with Crippen molar-refractivity contribution < 1.29 is 38.2 Å². The second kappa shape index (κ2) is 37.5. The van der Waals surface area contributed by atoms with Crippen molar-refractivity contribution in [3.63, 3.8) is 0 Å². The number of nitrogens with zero attached hydrogens (tertiary/aromatic N) is 4. The molecular weight excluding hydrogens is 1630 g/mol. The molecule has 0 radical (unpaired) electrons. The average molecular weight is 1770 g/mol. The van der Waals surface area contributed by atoms with Crippen molar-refractivity contribution in [2.24, 2.45) is 11.5 Å². The number of rotatable bonds is 25. The van der Waals surface area contributed by atoms with Gasteiger partial charge in [0.2, 0.25) is 0 Å². The topological polar surface area (TPSA) is 199 Å². The lowest BCUT2D eigenvalue weighted by Gasteiger charge is -2.62. The SMILES string of the molecule is Cc1cc(S)c(C(C)(C)C)cc1-c1cc(C(C)(C)C)c(C(CCCCN(C(N)=O)N(C)CCOP(O)O)(c2cc(C)c(-c3cc(C(C)(C)C)c(S)cc3C)cc2C(C)(C)C)C(c2cc(C)c(-c3cc(C(C)(C)C)c(S)cc3C)cc2C(C)(C)C)(c2cc(C)c(-c3cc(C(C)(C)C)c(S)cc3C)cc2C(C)(C)C)N(C(N)=O)N(C)CCOP(O)O)cc1C. The van der Waals surface area contributed by atoms with Gasteiger partial charge in [-0.15, -0.1) is 50.5 Å². The molecule has 666 valence electrons. The number of thiol groups is 4. The van der Waals surface area contributed by atoms with Crippen molar-refractivity contribution in [2.45, 2.75) is 315 Å². The van der Waals surface area contributed by atoms with E-state index < -0.39 is 61.9 Å². The number of hydrogen-bond donors (Lipinski definition) is 10. The Morgan fingerprint density at radius 1 is 0.311 bits per heavy atom. The maximum Gasteiger partial charge on any atom is 0.330 e. The zero-order valence-corrected chi connectivity index (χ0v) is 85.3. The van der Waals surface area contributed by atoms with Crippen LogP contribution in [0.3, 0.4) is 0 Å². The molecule has 20 heteroatoms. The van der Waals surface area contributed by atoms with E-state index in [-0.39, 0.29) is 60.9 Å². The lowest BCUT2D eigenvalue weighted by molar-refractivity contribution is -0.0721. The first kappa shape index (κ1) is 102. The smallest absolute Gasteiger partial charge is 0.330 e. The summed E-state index contributed by atoms with van der Waals surface area (Å²) in [6.07, 6.45) is 0.890. The molecular formula is C102H146N6O8P2S4. The first-order valence-corrected chi connectivity index (χ1v) is 47.0. The van der Waals surface area contributed by atoms with E-state index >= 15 is 4.79 Å². The van der Waals surface area contributed by atoms with Gasteiger partial charge >= 0.3 is 29.3 Å². The summed E-state index contributed by atoms with van der Waals surface area (Å²) in [4.78, 5) is 77.5. The van der Waals surface area contributed by atoms with Crippen LogP contribution in [0, 0.1) is 55.4 Å². The number of unbranched alkanes of at least 4 members (excludes halogenated alkanes) is 1. The van der Waals surface area contributed by atoms with Gasteiger partial charge in [0, 0.05) is 53.3 Å². The zero-order chi connectivity index (χ0) is 92.5. The van der Waals surface area contributed by atoms with Crippen LogP contribution in [-0.2, 0) is 63.3 Å². The summed E-state index contributed by atoms with van der Waals surface area (Å²) in [6, 6.07) is 35.9. The largest absolute Gasteiger partial charge is 0.350 e. The molecule has 8 aromatic carbocycles. The van der Waals surface area contributed by atoms with Crippen molar-refractivity contribution in [2.75, 3.05) is 46.9 Å². The van der Waals surface area contributed by atoms with Gasteiger partial charge in [-0.05, 0) is 328 Å². The van der Waals surface area contributed by atoms with Crippen LogP contribution in [0.25, 0.3) is 44.5 Å². The Morgan fingerprint density at radius 2 is 0.533 bits per heavy atom. The molecule has 0 aliphatic rings. The Kier molecular flexibility index (Phi) is 31.2. The molecule has 0 saturated heterocycles. The minimum Gasteiger partial charge on any atom is -0.350 e. The molecule has 122 heavy (non-hydrogen) atoms. The fourth-order valence-electron chi connectivity index (χ4n) is 18.5. The quantitative estimate of drug-likeness (QED) is 0.0114. The van der Waals surface area contributed by atoms with E-state index in [0.717, 1.165) is 175 Å². The molecule has 8 rings (SSSR count). The standard InChI is InChI=1S/C102H146N6O8P2S4/c1-59-43-79(75(93(9,10)11)51-67(59)71-55-83(97(21,22)23)87(119)47-63(71)5)101(37-35-36-38-107(91(103)109)105(33)39-41-115-117(111)112,80-44-60(2)68(52-76(80)94(12,13)14)72-56-84(98(24,25)26)88(120)48-64(72)6)102(108(92(104)110)106(34)40-42-116-118(113)114,81-45-61(3)69(53-77(81)95(15,16)17)73-57-85(99(27,28)29)89(121)49-65(73)7)82-46-62(4)70(54-78(82)96(18,19)20)74-58-86(100(30,31)32)90(122)50-66(74)8/h43-58,111-114,119-122H,35-42H2,1-34H3,(H2,103,109)(H2,104,110). The summed E-state index contributed by atoms with van der Waals surface area (Å²) >= 11 is 20.9. The highest BCUT2D eigenvalue weighted by Crippen LogP contribution is 2.65. The Hall–Kier alpha value is -5.76. The minimum atomic E-state index is -2.90. The summed E-state index contributed by atoms with van der Waals surface area (Å²) < 4.78 is 11.3. The highest BCUT2D eigenvalue weighted by atomic mass is 32.1. The van der Waals surface area contributed by atoms with Crippen molar-refractivity contribution in [3.05, 3.63) is 208 Å². The molecule has 14 nitrogen and oxygen atoms in total. The van der Waals surface area contributed by atoms with Gasteiger partial charge in [0.1, 0.15) is 5.54 Å². The first-order chi connectivity index (χ1) is 55.7. The van der Waals surface area contributed by atoms with Crippen LogP contribution in [0.2, 0.25) is 0 Å². The first-order valence-electron chi connectivity index (χ1n) is 42.9. The number of likely N-dealkylation sites (N-methyl/N-ethyl adjacent to an activating group) is 2. The van der Waals surface area contributed by atoms with Crippen molar-refractivity contribution in [1.29, 1.82) is 0 Å². The Bertz CT molecular complexity index is 4960. The summed E-state index contributed by atoms with van der Waals surface area (Å²) in [5.74, 6) is 0. The van der Waals surface area contributed by atoms with E-state index in [4.69, 9.17) is 71.0 Å². The molecule has 0 bridgehead atoms. The number of benzene rings is 8. The number of aryl methyl sites for hydroxylation is 8. The molecule has 0 aromatic heterocycles. The predicted octanol–water partition coefficient (Wildman–Crippen LogP) is 25.7. The fourth-order valence-corrected chi connectivity index (χ4v) is 21.4. The molecule has 0 fully saturated rings. The van der Waals surface area contributed by atoms with Crippen LogP contribution >= 0.6 is 67.7 Å². The lowest BCUT2D eigenvalue weighted by Crippen LogP contribution is -2.69. The lowest BCUT2D eigenvalue weighted by atomic mass is 9.48. The third-order valence-electron chi connectivity index (χ3n) is 24.7. The van der Waals surface area contributed by atoms with Crippen LogP contribution in [0.1, 0.15) is 297 Å². The molecule has 0 heterocycles. The summed E-state index contributed by atoms with van der Waals surface area (Å²) in [7, 11) is -1.97. The van der Waals surface area contributed by atoms with Crippen LogP contribution in [0.5, 0.6) is 0 Å². The molecule has 0 spiro atoms. The molecule has 0 aliphatic carbocycles. The van der Waals surface area contributed by atoms with Gasteiger partial charge in [-0.3, -0.25) is 5.01 Å². The maximum atomic E-state index is 17.7. The number of nitrogens with two attached hydrogens (primary N) is 2. The van der Waals surface area contributed by atoms with E-state index in [2.05, 4.69) is 319 Å². The monoisotopic (exact) mass is 1770 g/mol. The summed E-state index contributed by atoms with van der Waals surface area (Å²) in [5.41, 5.74) is 34.3. The van der Waals surface area contributed by atoms with Crippen molar-refractivity contribution >= 4 is 79.8 Å². The Labute approximate surface area is 758 Å². The normalized spacial score (nSPS) is 13.3. The van der Waals surface area contributed by atoms with E-state index in [9.17, 15) is 24.4 Å². The zero-order valence-electron chi connectivity index (χ0n) is 79.9. The molecule has 0 aliphatic heterocycles. The van der Waals surface area contributed by atoms with Crippen LogP contribution < -0.4 is 11.5 Å². The van der Waals surface area contributed by atoms with E-state index in [1.54, 1.807) is 12.1 Å². The summed E-state index contributed by atoms with van der Waals surface area (Å²) in [6.45, 7) is 71.5. The molecule has 8 N–H and O–H groups in total. The number of urea groups is 2. The number of amides is 4. The molecule has 0 atom stereocenters. The molecule has 4 amide bonds. The van der Waals surface area contributed by atoms with Gasteiger partial charge in [-0.2, -0.15) is 0 Å². The van der Waals surface area contributed by atoms with Crippen LogP contribution in [0.4, 0.5) is 9.59 Å². The molecule has 0 unspecified atom stereocenters. The second-order valence-electron chi connectivity index (χ2n) is 42.7. The third-order valence-corrected chi connectivity index (χ3v) is 27.0. The van der Waals surface area contributed by atoms with E-state index in [1.165, 1.54) is 5.01 Å². The van der Waals surface area contributed by atoms with Crippen molar-refractivity contribution in [3.8, 4) is 44.5 Å². The van der Waals surface area contributed by atoms with Crippen molar-refractivity contribution in [1.82, 2.24) is 20.0 Å². The molecule has 8 aromatic rings. The summed E-state index contributed by atoms with van der Waals surface area (Å²) in [5, 5.41) is 6.91. The maximum absolute atomic E-state index is 17.7. The van der Waals surface area contributed by atoms with E-state index in [0.29, 0.717) is 12.8 Å². The highest BCUT2D eigenvalue weighted by Gasteiger charge is 2.65. The minimum absolute atomic E-state index is 0.0837. The van der Waals surface area contributed by atoms with Gasteiger partial charge < -0.3 is 40.1 Å². The number of carbonyl (C=O) groups excluding carboxylic acids is 2. The second-order valence-corrected chi connectivity index (χ2v) is 46.2. The van der Waals surface area contributed by atoms with Gasteiger partial charge in [0.25, 0.3) is 0 Å². The Balaban J connectivity index is 1.95. The number of hydrogen-bond acceptors (Lipinski definition) is 14. The van der Waals surface area contributed by atoms with Crippen LogP contribution in [-0.4, -0.2) is 98.6 Å². The van der Waals surface area contributed by atoms with E-state index in [1.807, 2.05) is 17.1 Å². The number of primary amides is 2. The Morgan fingerprint density at radius 3 is 0.762 bits per heavy atom. The number of hydrazine groups is 2. The van der Waals surface area contributed by atoms with Gasteiger partial charge in [0.05, 0.1) is 18.6 Å². The van der Waals surface area contributed by atoms with Crippen LogP contribution in [0.15, 0.2) is 117 Å². The fraction of sp³-hybridized carbons (Fsp3) is 0.510. The predicted molar refractivity (Wildman–Crippen MR) is 527 cm³/mol. The third kappa shape index (κ3) is 21.5. The van der Waals surface area contributed by atoms with Gasteiger partial charge in [-0.25, -0.2) is 24.6 Å².